The number of hydrogen-bond donors (Lipinski definition) is 0. The van der Waals surface area contributed by atoms with E-state index in [-0.39, 0.29) is 0 Å². The molecule has 0 saturated heterocycles. The predicted octanol–water partition coefficient (Wildman–Crippen LogP) is 4.91. The van der Waals surface area contributed by atoms with Gasteiger partial charge in [-0.1, -0.05) is 38.1 Å². The fourth-order valence-corrected chi connectivity index (χ4v) is 2.33. The summed E-state index contributed by atoms with van der Waals surface area (Å²) in [6.45, 7) is 7.32. The summed E-state index contributed by atoms with van der Waals surface area (Å²) in [4.78, 5) is 6.76. The van der Waals surface area contributed by atoms with Gasteiger partial charge in [0.25, 0.3) is 0 Å². The van der Waals surface area contributed by atoms with Gasteiger partial charge in [-0.3, -0.25) is 0 Å². The monoisotopic (exact) mass is 332 g/mol. The van der Waals surface area contributed by atoms with E-state index in [1.165, 1.54) is 11.1 Å². The third-order valence-electron chi connectivity index (χ3n) is 3.46. The smallest absolute Gasteiger partial charge is 0.128 e. The number of aromatic nitrogens is 1. The Kier molecular flexibility index (Phi) is 4.81. The summed E-state index contributed by atoms with van der Waals surface area (Å²) in [7, 11) is 2.08. The third kappa shape index (κ3) is 3.60. The predicted molar refractivity (Wildman–Crippen MR) is 89.3 cm³/mol. The number of aryl methyl sites for hydroxylation is 1. The van der Waals surface area contributed by atoms with Crippen molar-refractivity contribution in [3.63, 3.8) is 0 Å². The largest absolute Gasteiger partial charge is 0.355 e. The molecule has 1 aromatic heterocycles. The Morgan fingerprint density at radius 1 is 1.10 bits per heavy atom. The van der Waals surface area contributed by atoms with E-state index in [4.69, 9.17) is 0 Å². The van der Waals surface area contributed by atoms with Crippen molar-refractivity contribution in [1.82, 2.24) is 4.98 Å². The Labute approximate surface area is 130 Å². The highest BCUT2D eigenvalue weighted by atomic mass is 79.9. The second-order valence-electron chi connectivity index (χ2n) is 5.49. The van der Waals surface area contributed by atoms with Crippen LogP contribution in [0.3, 0.4) is 0 Å². The molecule has 3 heteroatoms. The molecule has 0 unspecified atom stereocenters. The van der Waals surface area contributed by atoms with Gasteiger partial charge in [-0.25, -0.2) is 4.98 Å². The third-order valence-corrected chi connectivity index (χ3v) is 4.30. The molecule has 2 nitrogen and oxygen atoms in total. The SMILES string of the molecule is Cc1nc(N(C)Cc2ccc(C(C)C)cc2)ccc1Br. The molecule has 0 fully saturated rings. The minimum atomic E-state index is 0.581. The summed E-state index contributed by atoms with van der Waals surface area (Å²) in [5.74, 6) is 1.58. The fourth-order valence-electron chi connectivity index (χ4n) is 2.11. The second-order valence-corrected chi connectivity index (χ2v) is 6.34. The number of halogens is 1. The van der Waals surface area contributed by atoms with Crippen molar-refractivity contribution < 1.29 is 0 Å². The molecule has 0 amide bonds. The summed E-state index contributed by atoms with van der Waals surface area (Å²) in [5.41, 5.74) is 3.71. The van der Waals surface area contributed by atoms with E-state index in [0.717, 1.165) is 22.5 Å². The Hall–Kier alpha value is -1.35. The molecule has 0 spiro atoms. The molecular formula is C17H21BrN2. The standard InChI is InChI=1S/C17H21BrN2/c1-12(2)15-7-5-14(6-8-15)11-20(4)17-10-9-16(18)13(3)19-17/h5-10,12H,11H2,1-4H3. The van der Waals surface area contributed by atoms with Crippen molar-refractivity contribution in [2.45, 2.75) is 33.2 Å². The summed E-state index contributed by atoms with van der Waals surface area (Å²) in [6, 6.07) is 12.9. The first kappa shape index (κ1) is 15.0. The molecule has 1 aromatic carbocycles. The van der Waals surface area contributed by atoms with Crippen molar-refractivity contribution in [3.05, 3.63) is 57.7 Å². The van der Waals surface area contributed by atoms with E-state index in [2.05, 4.69) is 77.0 Å². The maximum Gasteiger partial charge on any atom is 0.128 e. The highest BCUT2D eigenvalue weighted by molar-refractivity contribution is 9.10. The van der Waals surface area contributed by atoms with Gasteiger partial charge < -0.3 is 4.90 Å². The Morgan fingerprint density at radius 2 is 1.75 bits per heavy atom. The van der Waals surface area contributed by atoms with Gasteiger partial charge in [0.1, 0.15) is 5.82 Å². The molecule has 0 aliphatic carbocycles. The highest BCUT2D eigenvalue weighted by Crippen LogP contribution is 2.20. The van der Waals surface area contributed by atoms with Crippen LogP contribution in [0.1, 0.15) is 36.6 Å². The lowest BCUT2D eigenvalue weighted by atomic mass is 10.0. The van der Waals surface area contributed by atoms with Crippen LogP contribution < -0.4 is 4.90 Å². The Balaban J connectivity index is 2.10. The lowest BCUT2D eigenvalue weighted by Gasteiger charge is -2.19. The van der Waals surface area contributed by atoms with Crippen molar-refractivity contribution >= 4 is 21.7 Å². The molecule has 0 aliphatic rings. The summed E-state index contributed by atoms with van der Waals surface area (Å²) < 4.78 is 1.05. The van der Waals surface area contributed by atoms with E-state index in [0.29, 0.717) is 5.92 Å². The lowest BCUT2D eigenvalue weighted by molar-refractivity contribution is 0.858. The van der Waals surface area contributed by atoms with Gasteiger partial charge in [-0.05, 0) is 52.0 Å². The molecule has 20 heavy (non-hydrogen) atoms. The number of pyridine rings is 1. The molecular weight excluding hydrogens is 312 g/mol. The van der Waals surface area contributed by atoms with Crippen LogP contribution in [0, 0.1) is 6.92 Å². The molecule has 1 heterocycles. The van der Waals surface area contributed by atoms with Gasteiger partial charge in [0.05, 0.1) is 5.69 Å². The molecule has 106 valence electrons. The molecule has 0 radical (unpaired) electrons. The first-order valence-electron chi connectivity index (χ1n) is 6.90. The van der Waals surface area contributed by atoms with E-state index >= 15 is 0 Å². The van der Waals surface area contributed by atoms with Crippen LogP contribution in [0.15, 0.2) is 40.9 Å². The van der Waals surface area contributed by atoms with Gasteiger partial charge in [-0.2, -0.15) is 0 Å². The zero-order valence-corrected chi connectivity index (χ0v) is 14.1. The van der Waals surface area contributed by atoms with E-state index in [1.807, 2.05) is 13.0 Å². The van der Waals surface area contributed by atoms with Crippen LogP contribution in [-0.4, -0.2) is 12.0 Å². The minimum absolute atomic E-state index is 0.581. The zero-order valence-electron chi connectivity index (χ0n) is 12.5. The molecule has 0 aliphatic heterocycles. The Bertz CT molecular complexity index is 576. The molecule has 0 atom stereocenters. The quantitative estimate of drug-likeness (QED) is 0.790. The number of nitrogens with zero attached hydrogens (tertiary/aromatic N) is 2. The van der Waals surface area contributed by atoms with Crippen LogP contribution in [0.25, 0.3) is 0 Å². The van der Waals surface area contributed by atoms with Crippen molar-refractivity contribution in [2.75, 3.05) is 11.9 Å². The van der Waals surface area contributed by atoms with Crippen molar-refractivity contribution in [2.24, 2.45) is 0 Å². The summed E-state index contributed by atoms with van der Waals surface area (Å²) >= 11 is 3.49. The topological polar surface area (TPSA) is 16.1 Å². The van der Waals surface area contributed by atoms with Crippen molar-refractivity contribution in [3.8, 4) is 0 Å². The molecule has 0 N–H and O–H groups in total. The van der Waals surface area contributed by atoms with Crippen LogP contribution in [0.2, 0.25) is 0 Å². The maximum absolute atomic E-state index is 4.59. The van der Waals surface area contributed by atoms with Gasteiger partial charge in [0.2, 0.25) is 0 Å². The number of rotatable bonds is 4. The lowest BCUT2D eigenvalue weighted by Crippen LogP contribution is -2.18. The van der Waals surface area contributed by atoms with Gasteiger partial charge in [0, 0.05) is 18.1 Å². The first-order chi connectivity index (χ1) is 9.47. The van der Waals surface area contributed by atoms with Gasteiger partial charge in [0.15, 0.2) is 0 Å². The fraction of sp³-hybridized carbons (Fsp3) is 0.353. The molecule has 2 aromatic rings. The number of benzene rings is 1. The number of hydrogen-bond acceptors (Lipinski definition) is 2. The van der Waals surface area contributed by atoms with Crippen molar-refractivity contribution in [1.29, 1.82) is 0 Å². The number of anilines is 1. The second kappa shape index (κ2) is 6.40. The molecule has 2 rings (SSSR count). The molecule has 0 saturated carbocycles. The van der Waals surface area contributed by atoms with E-state index in [1.54, 1.807) is 0 Å². The highest BCUT2D eigenvalue weighted by Gasteiger charge is 2.06. The van der Waals surface area contributed by atoms with Gasteiger partial charge >= 0.3 is 0 Å². The average molecular weight is 333 g/mol. The van der Waals surface area contributed by atoms with Crippen LogP contribution >= 0.6 is 15.9 Å². The van der Waals surface area contributed by atoms with Crippen LogP contribution in [-0.2, 0) is 6.54 Å². The zero-order chi connectivity index (χ0) is 14.7. The first-order valence-corrected chi connectivity index (χ1v) is 7.70. The van der Waals surface area contributed by atoms with E-state index in [9.17, 15) is 0 Å². The van der Waals surface area contributed by atoms with Crippen LogP contribution in [0.5, 0.6) is 0 Å². The van der Waals surface area contributed by atoms with Gasteiger partial charge in [-0.15, -0.1) is 0 Å². The summed E-state index contributed by atoms with van der Waals surface area (Å²) in [5, 5.41) is 0. The summed E-state index contributed by atoms with van der Waals surface area (Å²) in [6.07, 6.45) is 0. The maximum atomic E-state index is 4.59. The average Bonchev–Trinajstić information content (AvgIpc) is 2.42. The molecule has 0 bridgehead atoms. The normalized spacial score (nSPS) is 10.9. The van der Waals surface area contributed by atoms with E-state index < -0.39 is 0 Å². The minimum Gasteiger partial charge on any atom is -0.355 e. The van der Waals surface area contributed by atoms with Crippen LogP contribution in [0.4, 0.5) is 5.82 Å². The Morgan fingerprint density at radius 3 is 2.30 bits per heavy atom.